The number of aliphatic hydroxyl groups excluding tert-OH is 6. The summed E-state index contributed by atoms with van der Waals surface area (Å²) in [6.45, 7) is -0.0399. The molecule has 2 aliphatic rings. The van der Waals surface area contributed by atoms with Gasteiger partial charge in [0.15, 0.2) is 18.7 Å². The van der Waals surface area contributed by atoms with E-state index in [2.05, 4.69) is 5.32 Å². The summed E-state index contributed by atoms with van der Waals surface area (Å²) in [5.74, 6) is 0. The zero-order chi connectivity index (χ0) is 23.7. The SMILES string of the molecule is CNCCOCCOC1O[C@@H](CO)[C@@H](O)[C@H](O)[C@@H]1O[C@H]1O[C@H](CO)[C@@H](O)[C@@H](OC=O)[C@@H]1O. The first-order chi connectivity index (χ1) is 15.4. The average molecular weight is 471 g/mol. The standard InChI is InChI=1S/C18H33NO13/c1-19-2-3-27-4-5-28-18-16(13(25)11(23)9(6-20)31-18)32-17-14(26)15(29-8-22)12(24)10(7-21)30-17/h8-21,23-26H,2-7H2,1H3/t9-,10+,11+,12+,13-,14-,15+,16-,17+,18?/m0/s1. The van der Waals surface area contributed by atoms with E-state index in [1.807, 2.05) is 0 Å². The maximum absolute atomic E-state index is 10.7. The number of hydrogen-bond acceptors (Lipinski definition) is 14. The van der Waals surface area contributed by atoms with E-state index in [4.69, 9.17) is 28.4 Å². The van der Waals surface area contributed by atoms with Crippen molar-refractivity contribution < 1.29 is 63.9 Å². The summed E-state index contributed by atoms with van der Waals surface area (Å²) >= 11 is 0. The summed E-state index contributed by atoms with van der Waals surface area (Å²) in [5.41, 5.74) is 0. The molecule has 32 heavy (non-hydrogen) atoms. The van der Waals surface area contributed by atoms with Crippen molar-refractivity contribution in [1.29, 1.82) is 0 Å². The molecule has 2 aliphatic heterocycles. The lowest BCUT2D eigenvalue weighted by Gasteiger charge is -2.46. The summed E-state index contributed by atoms with van der Waals surface area (Å²) in [5, 5.41) is 63.0. The van der Waals surface area contributed by atoms with Gasteiger partial charge in [-0.15, -0.1) is 0 Å². The van der Waals surface area contributed by atoms with Gasteiger partial charge in [0.25, 0.3) is 6.47 Å². The third-order valence-corrected chi connectivity index (χ3v) is 5.16. The highest BCUT2D eigenvalue weighted by molar-refractivity contribution is 5.38. The van der Waals surface area contributed by atoms with Gasteiger partial charge in [0.2, 0.25) is 0 Å². The molecule has 2 saturated heterocycles. The molecule has 2 fully saturated rings. The van der Waals surface area contributed by atoms with Gasteiger partial charge in [-0.3, -0.25) is 4.79 Å². The predicted octanol–water partition coefficient (Wildman–Crippen LogP) is -4.96. The summed E-state index contributed by atoms with van der Waals surface area (Å²) in [6.07, 6.45) is -14.7. The van der Waals surface area contributed by atoms with Crippen LogP contribution in [0.15, 0.2) is 0 Å². The monoisotopic (exact) mass is 471 g/mol. The van der Waals surface area contributed by atoms with Crippen LogP contribution in [0.1, 0.15) is 0 Å². The van der Waals surface area contributed by atoms with Gasteiger partial charge in [-0.05, 0) is 7.05 Å². The van der Waals surface area contributed by atoms with Gasteiger partial charge >= 0.3 is 0 Å². The van der Waals surface area contributed by atoms with Crippen LogP contribution in [-0.2, 0) is 33.2 Å². The number of aliphatic hydroxyl groups is 6. The number of rotatable bonds is 13. The fourth-order valence-corrected chi connectivity index (χ4v) is 3.38. The third kappa shape index (κ3) is 6.75. The van der Waals surface area contributed by atoms with E-state index in [0.717, 1.165) is 0 Å². The molecule has 10 atom stereocenters. The van der Waals surface area contributed by atoms with Crippen LogP contribution < -0.4 is 5.32 Å². The molecule has 1 unspecified atom stereocenters. The number of carbonyl (C=O) groups is 1. The average Bonchev–Trinajstić information content (AvgIpc) is 2.79. The fraction of sp³-hybridized carbons (Fsp3) is 0.944. The van der Waals surface area contributed by atoms with Gasteiger partial charge in [0.05, 0.1) is 33.0 Å². The molecule has 0 bridgehead atoms. The summed E-state index contributed by atoms with van der Waals surface area (Å²) < 4.78 is 32.0. The first-order valence-corrected chi connectivity index (χ1v) is 10.2. The van der Waals surface area contributed by atoms with Crippen LogP contribution in [-0.4, -0.2) is 145 Å². The van der Waals surface area contributed by atoms with Gasteiger partial charge in [0.1, 0.15) is 42.7 Å². The minimum Gasteiger partial charge on any atom is -0.459 e. The maximum atomic E-state index is 10.7. The lowest BCUT2D eigenvalue weighted by molar-refractivity contribution is -0.367. The van der Waals surface area contributed by atoms with Crippen molar-refractivity contribution in [3.63, 3.8) is 0 Å². The van der Waals surface area contributed by atoms with Crippen molar-refractivity contribution in [3.05, 3.63) is 0 Å². The van der Waals surface area contributed by atoms with Gasteiger partial charge in [-0.2, -0.15) is 0 Å². The second kappa shape index (κ2) is 13.6. The highest BCUT2D eigenvalue weighted by atomic mass is 16.8. The van der Waals surface area contributed by atoms with E-state index in [1.54, 1.807) is 7.05 Å². The summed E-state index contributed by atoms with van der Waals surface area (Å²) in [4.78, 5) is 10.7. The lowest BCUT2D eigenvalue weighted by Crippen LogP contribution is -2.65. The van der Waals surface area contributed by atoms with Gasteiger partial charge in [0, 0.05) is 6.54 Å². The Kier molecular flexibility index (Phi) is 11.6. The summed E-state index contributed by atoms with van der Waals surface area (Å²) in [6, 6.07) is 0. The molecule has 2 heterocycles. The molecule has 14 nitrogen and oxygen atoms in total. The van der Waals surface area contributed by atoms with Crippen LogP contribution in [0, 0.1) is 0 Å². The number of hydrogen-bond donors (Lipinski definition) is 7. The Hall–Kier alpha value is -1.01. The highest BCUT2D eigenvalue weighted by Crippen LogP contribution is 2.30. The Morgan fingerprint density at radius 3 is 2.12 bits per heavy atom. The Labute approximate surface area is 184 Å². The van der Waals surface area contributed by atoms with Crippen molar-refractivity contribution in [2.75, 3.05) is 46.6 Å². The molecule has 0 spiro atoms. The smallest absolute Gasteiger partial charge is 0.293 e. The van der Waals surface area contributed by atoms with Crippen LogP contribution >= 0.6 is 0 Å². The van der Waals surface area contributed by atoms with Crippen LogP contribution in [0.2, 0.25) is 0 Å². The normalized spacial score (nSPS) is 40.2. The number of likely N-dealkylation sites (N-methyl/N-ethyl adjacent to an activating group) is 1. The van der Waals surface area contributed by atoms with Crippen LogP contribution in [0.5, 0.6) is 0 Å². The molecule has 0 amide bonds. The second-order valence-electron chi connectivity index (χ2n) is 7.30. The van der Waals surface area contributed by atoms with Crippen molar-refractivity contribution >= 4 is 6.47 Å². The number of ether oxygens (including phenoxy) is 6. The predicted molar refractivity (Wildman–Crippen MR) is 102 cm³/mol. The topological polar surface area (TPSA) is 206 Å². The Morgan fingerprint density at radius 1 is 0.844 bits per heavy atom. The Morgan fingerprint density at radius 2 is 1.50 bits per heavy atom. The molecule has 188 valence electrons. The van der Waals surface area contributed by atoms with Crippen molar-refractivity contribution in [2.45, 2.75) is 61.4 Å². The van der Waals surface area contributed by atoms with Crippen molar-refractivity contribution in [3.8, 4) is 0 Å². The van der Waals surface area contributed by atoms with Crippen molar-refractivity contribution in [2.24, 2.45) is 0 Å². The minimum atomic E-state index is -1.71. The molecule has 0 aromatic rings. The van der Waals surface area contributed by atoms with E-state index in [-0.39, 0.29) is 19.7 Å². The first-order valence-electron chi connectivity index (χ1n) is 10.2. The highest BCUT2D eigenvalue weighted by Gasteiger charge is 2.51. The molecule has 0 aromatic carbocycles. The van der Waals surface area contributed by atoms with E-state index in [0.29, 0.717) is 13.2 Å². The first kappa shape index (κ1) is 27.2. The van der Waals surface area contributed by atoms with Crippen LogP contribution in [0.25, 0.3) is 0 Å². The number of nitrogens with one attached hydrogen (secondary N) is 1. The molecule has 2 rings (SSSR count). The fourth-order valence-electron chi connectivity index (χ4n) is 3.38. The van der Waals surface area contributed by atoms with Gasteiger partial charge in [-0.25, -0.2) is 0 Å². The number of carbonyl (C=O) groups excluding carboxylic acids is 1. The van der Waals surface area contributed by atoms with Gasteiger partial charge < -0.3 is 64.4 Å². The Bertz CT molecular complexity index is 543. The third-order valence-electron chi connectivity index (χ3n) is 5.16. The van der Waals surface area contributed by atoms with E-state index < -0.39 is 74.6 Å². The minimum absolute atomic E-state index is 0.0120. The lowest BCUT2D eigenvalue weighted by atomic mass is 9.97. The molecule has 0 aliphatic carbocycles. The van der Waals surface area contributed by atoms with Crippen LogP contribution in [0.4, 0.5) is 0 Å². The van der Waals surface area contributed by atoms with Crippen molar-refractivity contribution in [1.82, 2.24) is 5.32 Å². The zero-order valence-electron chi connectivity index (χ0n) is 17.6. The summed E-state index contributed by atoms with van der Waals surface area (Å²) in [7, 11) is 1.77. The maximum Gasteiger partial charge on any atom is 0.293 e. The van der Waals surface area contributed by atoms with E-state index in [9.17, 15) is 35.4 Å². The quantitative estimate of drug-likeness (QED) is 0.0993. The van der Waals surface area contributed by atoms with Gasteiger partial charge in [-0.1, -0.05) is 0 Å². The molecule has 14 heteroatoms. The molecule has 0 saturated carbocycles. The van der Waals surface area contributed by atoms with E-state index in [1.165, 1.54) is 0 Å². The molecule has 7 N–H and O–H groups in total. The zero-order valence-corrected chi connectivity index (χ0v) is 17.6. The van der Waals surface area contributed by atoms with Crippen LogP contribution in [0.3, 0.4) is 0 Å². The second-order valence-corrected chi connectivity index (χ2v) is 7.30. The Balaban J connectivity index is 2.09. The molecule has 0 aromatic heterocycles. The molecular weight excluding hydrogens is 438 g/mol. The largest absolute Gasteiger partial charge is 0.459 e. The molecule has 0 radical (unpaired) electrons. The van der Waals surface area contributed by atoms with E-state index >= 15 is 0 Å². The molecular formula is C18H33NO13.